The second-order valence-corrected chi connectivity index (χ2v) is 4.44. The molecule has 4 nitrogen and oxygen atoms in total. The molecule has 0 saturated heterocycles. The fraction of sp³-hybridized carbons (Fsp3) is 0.235. The number of nitrogens with one attached hydrogen (secondary N) is 1. The zero-order chi connectivity index (χ0) is 14.9. The van der Waals surface area contributed by atoms with Crippen LogP contribution in [0.3, 0.4) is 0 Å². The third kappa shape index (κ3) is 4.83. The molecule has 0 fully saturated rings. The highest BCUT2D eigenvalue weighted by Gasteiger charge is 2.04. The van der Waals surface area contributed by atoms with E-state index in [1.165, 1.54) is 0 Å². The maximum Gasteiger partial charge on any atom is 0.251 e. The third-order valence-corrected chi connectivity index (χ3v) is 2.85. The highest BCUT2D eigenvalue weighted by Crippen LogP contribution is 2.04. The first-order chi connectivity index (χ1) is 10.3. The molecule has 1 amide bonds. The van der Waals surface area contributed by atoms with Crippen LogP contribution in [0.15, 0.2) is 47.1 Å². The Kier molecular flexibility index (Phi) is 5.62. The molecule has 4 heteroatoms. The van der Waals surface area contributed by atoms with Crippen LogP contribution in [0.25, 0.3) is 0 Å². The van der Waals surface area contributed by atoms with E-state index < -0.39 is 0 Å². The first-order valence-electron chi connectivity index (χ1n) is 6.80. The summed E-state index contributed by atoms with van der Waals surface area (Å²) in [5.74, 6) is 6.50. The number of carbonyl (C=O) groups is 1. The summed E-state index contributed by atoms with van der Waals surface area (Å²) in [5.41, 5.74) is 1.43. The van der Waals surface area contributed by atoms with Crippen molar-refractivity contribution in [2.24, 2.45) is 0 Å². The monoisotopic (exact) mass is 283 g/mol. The normalized spacial score (nSPS) is 9.76. The molecule has 1 heterocycles. The summed E-state index contributed by atoms with van der Waals surface area (Å²) >= 11 is 0. The Hall–Kier alpha value is -2.51. The van der Waals surface area contributed by atoms with Crippen molar-refractivity contribution in [2.75, 3.05) is 13.2 Å². The van der Waals surface area contributed by atoms with Gasteiger partial charge in [-0.25, -0.2) is 0 Å². The summed E-state index contributed by atoms with van der Waals surface area (Å²) in [6, 6.07) is 10.8. The van der Waals surface area contributed by atoms with Crippen LogP contribution >= 0.6 is 0 Å². The highest BCUT2D eigenvalue weighted by atomic mass is 16.3. The van der Waals surface area contributed by atoms with Crippen molar-refractivity contribution in [3.63, 3.8) is 0 Å². The van der Waals surface area contributed by atoms with Gasteiger partial charge in [0, 0.05) is 30.5 Å². The van der Waals surface area contributed by atoms with Crippen molar-refractivity contribution in [2.45, 2.75) is 12.8 Å². The van der Waals surface area contributed by atoms with Gasteiger partial charge in [0.15, 0.2) is 0 Å². The van der Waals surface area contributed by atoms with Crippen LogP contribution in [-0.2, 0) is 6.42 Å². The van der Waals surface area contributed by atoms with E-state index in [1.807, 2.05) is 12.1 Å². The number of aliphatic hydroxyl groups is 1. The van der Waals surface area contributed by atoms with Gasteiger partial charge in [0.25, 0.3) is 5.91 Å². The lowest BCUT2D eigenvalue weighted by Gasteiger charge is -2.04. The average molecular weight is 283 g/mol. The predicted molar refractivity (Wildman–Crippen MR) is 79.8 cm³/mol. The van der Waals surface area contributed by atoms with Crippen LogP contribution in [0.5, 0.6) is 0 Å². The Labute approximate surface area is 123 Å². The lowest BCUT2D eigenvalue weighted by atomic mass is 10.1. The topological polar surface area (TPSA) is 62.5 Å². The minimum atomic E-state index is -0.114. The van der Waals surface area contributed by atoms with Gasteiger partial charge in [-0.3, -0.25) is 4.79 Å². The second kappa shape index (κ2) is 7.93. The van der Waals surface area contributed by atoms with Crippen molar-refractivity contribution >= 4 is 5.91 Å². The number of hydrogen-bond acceptors (Lipinski definition) is 3. The molecular formula is C17H17NO3. The fourth-order valence-corrected chi connectivity index (χ4v) is 1.78. The zero-order valence-electron chi connectivity index (χ0n) is 11.6. The SMILES string of the molecule is O=C(NCCc1ccco1)c1ccc(C#CCCO)cc1. The Morgan fingerprint density at radius 2 is 2.05 bits per heavy atom. The summed E-state index contributed by atoms with van der Waals surface area (Å²) < 4.78 is 5.20. The summed E-state index contributed by atoms with van der Waals surface area (Å²) in [6.07, 6.45) is 2.74. The minimum absolute atomic E-state index is 0.0587. The molecular weight excluding hydrogens is 266 g/mol. The summed E-state index contributed by atoms with van der Waals surface area (Å²) in [5, 5.41) is 11.5. The number of benzene rings is 1. The standard InChI is InChI=1S/C17H17NO3/c19-12-2-1-4-14-6-8-15(9-7-14)17(20)18-11-10-16-5-3-13-21-16/h3,5-9,13,19H,2,10-12H2,(H,18,20). The third-order valence-electron chi connectivity index (χ3n) is 2.85. The summed E-state index contributed by atoms with van der Waals surface area (Å²) in [6.45, 7) is 0.591. The molecule has 0 unspecified atom stereocenters. The van der Waals surface area contributed by atoms with Gasteiger partial charge in [-0.15, -0.1) is 0 Å². The van der Waals surface area contributed by atoms with Gasteiger partial charge in [0.1, 0.15) is 5.76 Å². The van der Waals surface area contributed by atoms with Gasteiger partial charge in [-0.1, -0.05) is 11.8 Å². The number of rotatable bonds is 5. The number of furan rings is 1. The maximum atomic E-state index is 11.9. The van der Waals surface area contributed by atoms with Gasteiger partial charge >= 0.3 is 0 Å². The molecule has 0 atom stereocenters. The molecule has 0 bridgehead atoms. The lowest BCUT2D eigenvalue weighted by Crippen LogP contribution is -2.25. The van der Waals surface area contributed by atoms with Crippen molar-refractivity contribution in [3.8, 4) is 11.8 Å². The van der Waals surface area contributed by atoms with Crippen LogP contribution in [0.2, 0.25) is 0 Å². The molecule has 2 N–H and O–H groups in total. The molecule has 0 saturated carbocycles. The summed E-state index contributed by atoms with van der Waals surface area (Å²) in [4.78, 5) is 11.9. The Bertz CT molecular complexity index is 618. The smallest absolute Gasteiger partial charge is 0.251 e. The fourth-order valence-electron chi connectivity index (χ4n) is 1.78. The van der Waals surface area contributed by atoms with Crippen LogP contribution in [0, 0.1) is 11.8 Å². The molecule has 108 valence electrons. The van der Waals surface area contributed by atoms with Crippen LogP contribution in [-0.4, -0.2) is 24.2 Å². The van der Waals surface area contributed by atoms with E-state index in [0.29, 0.717) is 24.9 Å². The van der Waals surface area contributed by atoms with Crippen molar-refractivity contribution < 1.29 is 14.3 Å². The van der Waals surface area contributed by atoms with E-state index in [1.54, 1.807) is 30.5 Å². The molecule has 0 aliphatic carbocycles. The molecule has 0 spiro atoms. The van der Waals surface area contributed by atoms with Gasteiger partial charge in [-0.2, -0.15) is 0 Å². The van der Waals surface area contributed by atoms with Crippen molar-refractivity contribution in [1.29, 1.82) is 0 Å². The quantitative estimate of drug-likeness (QED) is 0.825. The molecule has 1 aromatic heterocycles. The predicted octanol–water partition coefficient (Wildman–Crippen LogP) is 1.99. The van der Waals surface area contributed by atoms with Gasteiger partial charge < -0.3 is 14.8 Å². The number of hydrogen-bond donors (Lipinski definition) is 2. The Morgan fingerprint density at radius 3 is 2.71 bits per heavy atom. The molecule has 2 rings (SSSR count). The largest absolute Gasteiger partial charge is 0.469 e. The van der Waals surface area contributed by atoms with Gasteiger partial charge in [0.05, 0.1) is 12.9 Å². The molecule has 21 heavy (non-hydrogen) atoms. The average Bonchev–Trinajstić information content (AvgIpc) is 3.01. The molecule has 0 aliphatic heterocycles. The molecule has 0 radical (unpaired) electrons. The molecule has 2 aromatic rings. The van der Waals surface area contributed by atoms with Gasteiger partial charge in [-0.05, 0) is 36.4 Å². The van der Waals surface area contributed by atoms with Crippen molar-refractivity contribution in [1.82, 2.24) is 5.32 Å². The minimum Gasteiger partial charge on any atom is -0.469 e. The van der Waals surface area contributed by atoms with Crippen LogP contribution in [0.1, 0.15) is 28.1 Å². The summed E-state index contributed by atoms with van der Waals surface area (Å²) in [7, 11) is 0. The first-order valence-corrected chi connectivity index (χ1v) is 6.80. The maximum absolute atomic E-state index is 11.9. The Balaban J connectivity index is 1.83. The van der Waals surface area contributed by atoms with Crippen molar-refractivity contribution in [3.05, 3.63) is 59.5 Å². The first kappa shape index (κ1) is 14.9. The number of carbonyl (C=O) groups excluding carboxylic acids is 1. The van der Waals surface area contributed by atoms with Crippen LogP contribution < -0.4 is 5.32 Å². The zero-order valence-corrected chi connectivity index (χ0v) is 11.6. The van der Waals surface area contributed by atoms with E-state index in [2.05, 4.69) is 17.2 Å². The second-order valence-electron chi connectivity index (χ2n) is 4.44. The van der Waals surface area contributed by atoms with E-state index in [0.717, 1.165) is 11.3 Å². The number of amides is 1. The molecule has 1 aromatic carbocycles. The van der Waals surface area contributed by atoms with E-state index in [9.17, 15) is 4.79 Å². The number of aliphatic hydroxyl groups excluding tert-OH is 1. The van der Waals surface area contributed by atoms with Gasteiger partial charge in [0.2, 0.25) is 0 Å². The molecule has 0 aliphatic rings. The van der Waals surface area contributed by atoms with Crippen LogP contribution in [0.4, 0.5) is 0 Å². The highest BCUT2D eigenvalue weighted by molar-refractivity contribution is 5.94. The van der Waals surface area contributed by atoms with E-state index in [-0.39, 0.29) is 12.5 Å². The van der Waals surface area contributed by atoms with E-state index in [4.69, 9.17) is 9.52 Å². The van der Waals surface area contributed by atoms with E-state index >= 15 is 0 Å². The Morgan fingerprint density at radius 1 is 1.24 bits per heavy atom. The lowest BCUT2D eigenvalue weighted by molar-refractivity contribution is 0.0953.